The molecular formula is C24H17Br2FN4O4. The van der Waals surface area contributed by atoms with Crippen LogP contribution in [0.2, 0.25) is 0 Å². The van der Waals surface area contributed by atoms with E-state index in [9.17, 15) is 23.6 Å². The number of amides is 4. The van der Waals surface area contributed by atoms with Crippen LogP contribution < -0.4 is 10.6 Å². The minimum absolute atomic E-state index is 0.115. The summed E-state index contributed by atoms with van der Waals surface area (Å²) in [5, 5.41) is 6.19. The van der Waals surface area contributed by atoms with Gasteiger partial charge in [-0.15, -0.1) is 0 Å². The van der Waals surface area contributed by atoms with Crippen LogP contribution in [0.5, 0.6) is 0 Å². The summed E-state index contributed by atoms with van der Waals surface area (Å²) < 4.78 is 14.8. The Morgan fingerprint density at radius 1 is 0.743 bits per heavy atom. The van der Waals surface area contributed by atoms with Gasteiger partial charge < -0.3 is 9.97 Å². The van der Waals surface area contributed by atoms with E-state index in [1.165, 1.54) is 6.07 Å². The summed E-state index contributed by atoms with van der Waals surface area (Å²) in [4.78, 5) is 51.8. The molecule has 0 spiro atoms. The maximum Gasteiger partial charge on any atom is 0.234 e. The maximum atomic E-state index is 13.5. The van der Waals surface area contributed by atoms with Crippen molar-refractivity contribution in [1.82, 2.24) is 20.6 Å². The van der Waals surface area contributed by atoms with Crippen molar-refractivity contribution in [3.8, 4) is 0 Å². The molecule has 0 radical (unpaired) electrons. The molecule has 35 heavy (non-hydrogen) atoms. The van der Waals surface area contributed by atoms with Crippen LogP contribution in [0.15, 0.2) is 51.7 Å². The summed E-state index contributed by atoms with van der Waals surface area (Å²) in [5.74, 6) is -2.34. The van der Waals surface area contributed by atoms with E-state index in [0.717, 1.165) is 26.5 Å². The van der Waals surface area contributed by atoms with E-state index < -0.39 is 11.7 Å². The first-order valence-electron chi connectivity index (χ1n) is 10.6. The average Bonchev–Trinajstić information content (AvgIpc) is 3.55. The molecule has 2 aliphatic rings. The summed E-state index contributed by atoms with van der Waals surface area (Å²) in [6.45, 7) is 0. The smallest absolute Gasteiger partial charge is 0.234 e. The van der Waals surface area contributed by atoms with E-state index in [1.54, 1.807) is 18.5 Å². The van der Waals surface area contributed by atoms with E-state index >= 15 is 0 Å². The first kappa shape index (κ1) is 23.4. The van der Waals surface area contributed by atoms with Crippen LogP contribution in [-0.2, 0) is 19.2 Å². The maximum absolute atomic E-state index is 13.5. The summed E-state index contributed by atoms with van der Waals surface area (Å²) >= 11 is 6.51. The van der Waals surface area contributed by atoms with Crippen molar-refractivity contribution in [2.24, 2.45) is 0 Å². The fraction of sp³-hybridized carbons (Fsp3) is 0.167. The number of hydrogen-bond acceptors (Lipinski definition) is 4. The third-order valence-corrected chi connectivity index (χ3v) is 7.22. The van der Waals surface area contributed by atoms with Crippen LogP contribution in [-0.4, -0.2) is 33.6 Å². The van der Waals surface area contributed by atoms with Gasteiger partial charge in [-0.2, -0.15) is 0 Å². The first-order valence-corrected chi connectivity index (χ1v) is 12.2. The third-order valence-electron chi connectivity index (χ3n) is 6.12. The zero-order valence-corrected chi connectivity index (χ0v) is 21.0. The summed E-state index contributed by atoms with van der Waals surface area (Å²) in [6.07, 6.45) is 3.81. The highest BCUT2D eigenvalue weighted by molar-refractivity contribution is 9.10. The number of nitrogens with one attached hydrogen (secondary N) is 4. The zero-order valence-electron chi connectivity index (χ0n) is 17.9. The highest BCUT2D eigenvalue weighted by atomic mass is 79.9. The molecule has 178 valence electrons. The Balaban J connectivity index is 0.000000145. The number of imide groups is 2. The third kappa shape index (κ3) is 4.41. The molecule has 6 rings (SSSR count). The molecule has 4 N–H and O–H groups in total. The van der Waals surface area contributed by atoms with Gasteiger partial charge in [-0.3, -0.25) is 29.8 Å². The number of halogens is 3. The molecule has 4 amide bonds. The molecule has 2 fully saturated rings. The second-order valence-electron chi connectivity index (χ2n) is 8.33. The fourth-order valence-electron chi connectivity index (χ4n) is 4.44. The molecule has 2 aromatic heterocycles. The van der Waals surface area contributed by atoms with Gasteiger partial charge in [-0.1, -0.05) is 15.9 Å². The molecule has 1 unspecified atom stereocenters. The van der Waals surface area contributed by atoms with Crippen LogP contribution in [0.1, 0.15) is 35.8 Å². The molecule has 4 heterocycles. The average molecular weight is 604 g/mol. The van der Waals surface area contributed by atoms with Crippen molar-refractivity contribution in [3.05, 3.63) is 68.6 Å². The van der Waals surface area contributed by atoms with Gasteiger partial charge >= 0.3 is 0 Å². The zero-order chi connectivity index (χ0) is 24.9. The number of benzene rings is 2. The van der Waals surface area contributed by atoms with Crippen molar-refractivity contribution < 1.29 is 23.6 Å². The van der Waals surface area contributed by atoms with Gasteiger partial charge in [-0.25, -0.2) is 4.39 Å². The van der Waals surface area contributed by atoms with Gasteiger partial charge in [0.1, 0.15) is 5.82 Å². The standard InChI is InChI=1S/C12H8BrFN2O2.C12H9BrN2O2/c13-8-3-10-5(1-9(8)14)7(4-15-10)6-2-11(17)16-12(6)18;13-6-1-2-10-7(3-6)9(5-14-10)8-4-11(16)15-12(8)17/h1,3-4,6,15H,2H2,(H,16,17,18);1-3,5,8,14H,4H2,(H,15,16,17)/t6-;/m0./s1. The SMILES string of the molecule is O=C1CC(c2c[nH]c3ccc(Br)cc23)C(=O)N1.O=C1C[C@@H](c2c[nH]c3cc(Br)c(F)cc23)C(=O)N1. The topological polar surface area (TPSA) is 124 Å². The number of aromatic nitrogens is 2. The van der Waals surface area contributed by atoms with Crippen LogP contribution in [0.4, 0.5) is 4.39 Å². The van der Waals surface area contributed by atoms with Gasteiger partial charge in [0.15, 0.2) is 0 Å². The van der Waals surface area contributed by atoms with Gasteiger partial charge in [0.25, 0.3) is 0 Å². The molecule has 2 atom stereocenters. The summed E-state index contributed by atoms with van der Waals surface area (Å²) in [5.41, 5.74) is 3.23. The Hall–Kier alpha value is -3.31. The lowest BCUT2D eigenvalue weighted by atomic mass is 9.97. The largest absolute Gasteiger partial charge is 0.361 e. The number of hydrogen-bond donors (Lipinski definition) is 4. The summed E-state index contributed by atoms with van der Waals surface area (Å²) in [6, 6.07) is 8.81. The predicted molar refractivity (Wildman–Crippen MR) is 133 cm³/mol. The molecule has 0 saturated carbocycles. The molecule has 0 bridgehead atoms. The van der Waals surface area contributed by atoms with E-state index in [2.05, 4.69) is 52.5 Å². The molecular weight excluding hydrogens is 587 g/mol. The minimum atomic E-state index is -0.535. The second-order valence-corrected chi connectivity index (χ2v) is 10.1. The normalized spacial score (nSPS) is 19.7. The number of rotatable bonds is 2. The molecule has 2 aromatic carbocycles. The van der Waals surface area contributed by atoms with Crippen LogP contribution in [0.3, 0.4) is 0 Å². The molecule has 2 aliphatic heterocycles. The first-order chi connectivity index (χ1) is 16.7. The highest BCUT2D eigenvalue weighted by Gasteiger charge is 2.34. The number of carbonyl (C=O) groups excluding carboxylic acids is 4. The minimum Gasteiger partial charge on any atom is -0.361 e. The van der Waals surface area contributed by atoms with E-state index in [1.807, 2.05) is 18.2 Å². The second kappa shape index (κ2) is 9.04. The van der Waals surface area contributed by atoms with E-state index in [4.69, 9.17) is 0 Å². The van der Waals surface area contributed by atoms with E-state index in [0.29, 0.717) is 15.4 Å². The molecule has 11 heteroatoms. The van der Waals surface area contributed by atoms with Gasteiger partial charge in [-0.05, 0) is 57.4 Å². The van der Waals surface area contributed by atoms with E-state index in [-0.39, 0.29) is 42.4 Å². The van der Waals surface area contributed by atoms with Crippen molar-refractivity contribution in [2.45, 2.75) is 24.7 Å². The summed E-state index contributed by atoms with van der Waals surface area (Å²) in [7, 11) is 0. The highest BCUT2D eigenvalue weighted by Crippen LogP contribution is 2.34. The monoisotopic (exact) mass is 602 g/mol. The van der Waals surface area contributed by atoms with Gasteiger partial charge in [0.05, 0.1) is 16.3 Å². The fourth-order valence-corrected chi connectivity index (χ4v) is 5.14. The number of fused-ring (bicyclic) bond motifs is 2. The Kier molecular flexibility index (Phi) is 6.06. The molecule has 8 nitrogen and oxygen atoms in total. The van der Waals surface area contributed by atoms with Crippen LogP contribution >= 0.6 is 31.9 Å². The predicted octanol–water partition coefficient (Wildman–Crippen LogP) is 4.26. The quantitative estimate of drug-likeness (QED) is 0.256. The Morgan fingerprint density at radius 3 is 1.83 bits per heavy atom. The van der Waals surface area contributed by atoms with Crippen LogP contribution in [0, 0.1) is 5.82 Å². The Morgan fingerprint density at radius 2 is 1.29 bits per heavy atom. The van der Waals surface area contributed by atoms with Crippen molar-refractivity contribution in [2.75, 3.05) is 0 Å². The molecule has 4 aromatic rings. The Labute approximate surface area is 214 Å². The molecule has 2 saturated heterocycles. The van der Waals surface area contributed by atoms with Crippen molar-refractivity contribution >= 4 is 77.3 Å². The van der Waals surface area contributed by atoms with Gasteiger partial charge in [0.2, 0.25) is 23.6 Å². The number of H-pyrrole nitrogens is 2. The number of aromatic amines is 2. The van der Waals surface area contributed by atoms with Crippen LogP contribution in [0.25, 0.3) is 21.8 Å². The lowest BCUT2D eigenvalue weighted by Gasteiger charge is -2.04. The van der Waals surface area contributed by atoms with Crippen molar-refractivity contribution in [1.29, 1.82) is 0 Å². The molecule has 0 aliphatic carbocycles. The lowest BCUT2D eigenvalue weighted by molar-refractivity contribution is -0.126. The van der Waals surface area contributed by atoms with Gasteiger partial charge in [0, 0.05) is 51.5 Å². The lowest BCUT2D eigenvalue weighted by Crippen LogP contribution is -2.21. The van der Waals surface area contributed by atoms with Crippen molar-refractivity contribution in [3.63, 3.8) is 0 Å². The Bertz CT molecular complexity index is 1540. The number of carbonyl (C=O) groups is 4.